The van der Waals surface area contributed by atoms with Gasteiger partial charge in [0.25, 0.3) is 0 Å². The van der Waals surface area contributed by atoms with Crippen LogP contribution in [0.25, 0.3) is 0 Å². The van der Waals surface area contributed by atoms with Crippen LogP contribution in [0.1, 0.15) is 39.0 Å². The first-order chi connectivity index (χ1) is 6.72. The third-order valence-corrected chi connectivity index (χ3v) is 4.56. The number of Topliss-reactive ketones (excluding diaryl/α,β-unsaturated/α-hetero) is 1. The summed E-state index contributed by atoms with van der Waals surface area (Å²) in [5.74, 6) is 2.32. The Bertz CT molecular complexity index is 284. The summed E-state index contributed by atoms with van der Waals surface area (Å²) in [5, 5.41) is 0. The van der Waals surface area contributed by atoms with E-state index in [0.717, 1.165) is 18.8 Å². The quantitative estimate of drug-likeness (QED) is 0.581. The Morgan fingerprint density at radius 3 is 2.43 bits per heavy atom. The van der Waals surface area contributed by atoms with Crippen LogP contribution in [0.4, 0.5) is 0 Å². The van der Waals surface area contributed by atoms with E-state index in [1.807, 2.05) is 0 Å². The molecule has 0 heterocycles. The van der Waals surface area contributed by atoms with Crippen molar-refractivity contribution in [1.29, 1.82) is 0 Å². The maximum atomic E-state index is 11.9. The maximum absolute atomic E-state index is 11.9. The Balaban J connectivity index is 1.96. The summed E-state index contributed by atoms with van der Waals surface area (Å²) in [4.78, 5) is 11.9. The Hall–Kier alpha value is -0.590. The molecule has 4 bridgehead atoms. The van der Waals surface area contributed by atoms with Gasteiger partial charge < -0.3 is 0 Å². The van der Waals surface area contributed by atoms with Gasteiger partial charge in [-0.1, -0.05) is 12.2 Å². The van der Waals surface area contributed by atoms with Crippen molar-refractivity contribution < 1.29 is 4.79 Å². The van der Waals surface area contributed by atoms with Crippen LogP contribution in [0.15, 0.2) is 12.2 Å². The second kappa shape index (κ2) is 2.71. The molecule has 0 N–H and O–H groups in total. The molecule has 76 valence electrons. The molecule has 0 radical (unpaired) electrons. The molecule has 4 saturated carbocycles. The van der Waals surface area contributed by atoms with Crippen LogP contribution >= 0.6 is 0 Å². The van der Waals surface area contributed by atoms with Crippen molar-refractivity contribution in [3.05, 3.63) is 12.2 Å². The number of carbonyl (C=O) groups excluding carboxylic acids is 1. The van der Waals surface area contributed by atoms with Crippen molar-refractivity contribution in [1.82, 2.24) is 0 Å². The fourth-order valence-corrected chi connectivity index (χ4v) is 4.37. The Labute approximate surface area is 85.6 Å². The summed E-state index contributed by atoms with van der Waals surface area (Å²) in [5.41, 5.74) is 0.430. The van der Waals surface area contributed by atoms with Crippen molar-refractivity contribution in [2.75, 3.05) is 0 Å². The molecule has 0 spiro atoms. The molecule has 0 aromatic carbocycles. The summed E-state index contributed by atoms with van der Waals surface area (Å²) >= 11 is 0. The minimum Gasteiger partial charge on any atom is -0.299 e. The van der Waals surface area contributed by atoms with Crippen molar-refractivity contribution in [3.63, 3.8) is 0 Å². The number of hydrogen-bond acceptors (Lipinski definition) is 1. The minimum atomic E-state index is 0.428. The van der Waals surface area contributed by atoms with Crippen LogP contribution in [-0.2, 0) is 4.79 Å². The maximum Gasteiger partial charge on any atom is 0.139 e. The van der Waals surface area contributed by atoms with E-state index < -0.39 is 0 Å². The fraction of sp³-hybridized carbons (Fsp3) is 0.769. The summed E-state index contributed by atoms with van der Waals surface area (Å²) in [6, 6.07) is 0. The average Bonchev–Trinajstić information content (AvgIpc) is 2.12. The van der Waals surface area contributed by atoms with E-state index in [4.69, 9.17) is 0 Å². The lowest BCUT2D eigenvalue weighted by atomic mass is 9.49. The van der Waals surface area contributed by atoms with Crippen LogP contribution in [-0.4, -0.2) is 5.78 Å². The van der Waals surface area contributed by atoms with Crippen LogP contribution in [0.5, 0.6) is 0 Å². The normalized spacial score (nSPS) is 50.6. The Morgan fingerprint density at radius 2 is 1.86 bits per heavy atom. The zero-order valence-electron chi connectivity index (χ0n) is 8.83. The van der Waals surface area contributed by atoms with E-state index in [1.54, 1.807) is 0 Å². The molecule has 4 aliphatic rings. The molecule has 14 heavy (non-hydrogen) atoms. The molecule has 4 aliphatic carbocycles. The predicted molar refractivity (Wildman–Crippen MR) is 55.8 cm³/mol. The Kier molecular flexibility index (Phi) is 1.68. The molecule has 0 saturated heterocycles. The van der Waals surface area contributed by atoms with Crippen LogP contribution in [0, 0.1) is 23.2 Å². The summed E-state index contributed by atoms with van der Waals surface area (Å²) < 4.78 is 0. The van der Waals surface area contributed by atoms with Crippen molar-refractivity contribution in [2.24, 2.45) is 23.2 Å². The molecule has 1 nitrogen and oxygen atoms in total. The number of allylic oxidation sites excluding steroid dienone is 2. The lowest BCUT2D eigenvalue weighted by Crippen LogP contribution is -2.50. The SMILES string of the molecule is C/C=C\C12CC3CC(C1)C(=O)C(C3)C2. The van der Waals surface area contributed by atoms with Crippen molar-refractivity contribution in [3.8, 4) is 0 Å². The molecule has 0 amide bonds. The second-order valence-corrected chi connectivity index (χ2v) is 5.61. The van der Waals surface area contributed by atoms with Gasteiger partial charge in [-0.3, -0.25) is 4.79 Å². The predicted octanol–water partition coefficient (Wildman–Crippen LogP) is 2.96. The molecule has 4 rings (SSSR count). The van der Waals surface area contributed by atoms with Gasteiger partial charge in [0.15, 0.2) is 0 Å². The van der Waals surface area contributed by atoms with E-state index in [2.05, 4.69) is 19.1 Å². The van der Waals surface area contributed by atoms with Crippen molar-refractivity contribution in [2.45, 2.75) is 39.0 Å². The molecule has 0 aromatic rings. The average molecular weight is 190 g/mol. The number of rotatable bonds is 1. The highest BCUT2D eigenvalue weighted by Crippen LogP contribution is 2.59. The van der Waals surface area contributed by atoms with Crippen molar-refractivity contribution >= 4 is 5.78 Å². The van der Waals surface area contributed by atoms with Gasteiger partial charge in [-0.2, -0.15) is 0 Å². The fourth-order valence-electron chi connectivity index (χ4n) is 4.37. The first-order valence-corrected chi connectivity index (χ1v) is 5.90. The summed E-state index contributed by atoms with van der Waals surface area (Å²) in [6.07, 6.45) is 10.7. The minimum absolute atomic E-state index is 0.428. The third kappa shape index (κ3) is 1.04. The lowest BCUT2D eigenvalue weighted by Gasteiger charge is -2.54. The highest BCUT2D eigenvalue weighted by Gasteiger charge is 2.53. The van der Waals surface area contributed by atoms with E-state index in [1.165, 1.54) is 19.3 Å². The van der Waals surface area contributed by atoms with Crippen LogP contribution in [0.3, 0.4) is 0 Å². The molecule has 1 heteroatoms. The van der Waals surface area contributed by atoms with Gasteiger partial charge in [-0.25, -0.2) is 0 Å². The third-order valence-electron chi connectivity index (χ3n) is 4.56. The molecule has 0 aromatic heterocycles. The first-order valence-electron chi connectivity index (χ1n) is 5.90. The second-order valence-electron chi connectivity index (χ2n) is 5.61. The van der Waals surface area contributed by atoms with Gasteiger partial charge in [-0.15, -0.1) is 0 Å². The number of hydrogen-bond donors (Lipinski definition) is 0. The van der Waals surface area contributed by atoms with Crippen LogP contribution in [0.2, 0.25) is 0 Å². The number of carbonyl (C=O) groups is 1. The van der Waals surface area contributed by atoms with Gasteiger partial charge in [0.2, 0.25) is 0 Å². The molecular formula is C13H18O. The van der Waals surface area contributed by atoms with E-state index in [0.29, 0.717) is 23.0 Å². The number of ketones is 1. The largest absolute Gasteiger partial charge is 0.299 e. The molecular weight excluding hydrogens is 172 g/mol. The van der Waals surface area contributed by atoms with Gasteiger partial charge >= 0.3 is 0 Å². The van der Waals surface area contributed by atoms with Gasteiger partial charge in [0.1, 0.15) is 5.78 Å². The van der Waals surface area contributed by atoms with E-state index in [-0.39, 0.29) is 0 Å². The van der Waals surface area contributed by atoms with E-state index >= 15 is 0 Å². The smallest absolute Gasteiger partial charge is 0.139 e. The highest BCUT2D eigenvalue weighted by molar-refractivity contribution is 5.85. The van der Waals surface area contributed by atoms with Gasteiger partial charge in [-0.05, 0) is 50.4 Å². The van der Waals surface area contributed by atoms with E-state index in [9.17, 15) is 4.79 Å². The first kappa shape index (κ1) is 8.70. The highest BCUT2D eigenvalue weighted by atomic mass is 16.1. The Morgan fingerprint density at radius 1 is 1.21 bits per heavy atom. The molecule has 0 aliphatic heterocycles. The molecule has 2 unspecified atom stereocenters. The summed E-state index contributed by atoms with van der Waals surface area (Å²) in [7, 11) is 0. The molecule has 4 fully saturated rings. The zero-order valence-corrected chi connectivity index (χ0v) is 8.83. The lowest BCUT2D eigenvalue weighted by molar-refractivity contribution is -0.144. The van der Waals surface area contributed by atoms with Gasteiger partial charge in [0.05, 0.1) is 0 Å². The zero-order chi connectivity index (χ0) is 9.76. The monoisotopic (exact) mass is 190 g/mol. The topological polar surface area (TPSA) is 17.1 Å². The standard InChI is InChI=1S/C13H18O/c1-2-3-13-6-9-4-10(7-13)12(14)11(5-9)8-13/h2-3,9-11H,4-8H2,1H3/b3-2-. The summed E-state index contributed by atoms with van der Waals surface area (Å²) in [6.45, 7) is 2.11. The van der Waals surface area contributed by atoms with Crippen LogP contribution < -0.4 is 0 Å². The van der Waals surface area contributed by atoms with Gasteiger partial charge in [0, 0.05) is 11.8 Å². The molecule has 2 atom stereocenters.